The van der Waals surface area contributed by atoms with Gasteiger partial charge in [-0.15, -0.1) is 0 Å². The molecular formula is C15H11BrF2O2. The number of ketones is 1. The summed E-state index contributed by atoms with van der Waals surface area (Å²) < 4.78 is 32.5. The Morgan fingerprint density at radius 1 is 1.20 bits per heavy atom. The predicted molar refractivity (Wildman–Crippen MR) is 75.1 cm³/mol. The van der Waals surface area contributed by atoms with Crippen LogP contribution in [0.3, 0.4) is 0 Å². The van der Waals surface area contributed by atoms with E-state index in [4.69, 9.17) is 4.74 Å². The Bertz CT molecular complexity index is 656. The van der Waals surface area contributed by atoms with Crippen molar-refractivity contribution < 1.29 is 18.3 Å². The molecule has 20 heavy (non-hydrogen) atoms. The molecule has 2 aromatic rings. The Hall–Kier alpha value is -1.75. The van der Waals surface area contributed by atoms with Gasteiger partial charge < -0.3 is 4.74 Å². The van der Waals surface area contributed by atoms with E-state index >= 15 is 0 Å². The van der Waals surface area contributed by atoms with E-state index in [0.29, 0.717) is 11.3 Å². The van der Waals surface area contributed by atoms with Crippen molar-refractivity contribution in [1.29, 1.82) is 0 Å². The Balaban J connectivity index is 2.30. The monoisotopic (exact) mass is 340 g/mol. The van der Waals surface area contributed by atoms with Gasteiger partial charge in [0.2, 0.25) is 0 Å². The Morgan fingerprint density at radius 3 is 2.65 bits per heavy atom. The lowest BCUT2D eigenvalue weighted by Gasteiger charge is -2.08. The maximum atomic E-state index is 13.5. The molecule has 0 atom stereocenters. The van der Waals surface area contributed by atoms with E-state index in [1.807, 2.05) is 0 Å². The van der Waals surface area contributed by atoms with Crippen LogP contribution in [0.25, 0.3) is 0 Å². The number of ether oxygens (including phenoxy) is 1. The smallest absolute Gasteiger partial charge is 0.171 e. The molecule has 0 spiro atoms. The van der Waals surface area contributed by atoms with Crippen molar-refractivity contribution in [3.05, 3.63) is 63.6 Å². The van der Waals surface area contributed by atoms with Crippen LogP contribution in [0, 0.1) is 11.6 Å². The minimum absolute atomic E-state index is 0.0278. The van der Waals surface area contributed by atoms with Crippen molar-refractivity contribution in [3.63, 3.8) is 0 Å². The van der Waals surface area contributed by atoms with Gasteiger partial charge in [0.05, 0.1) is 12.7 Å². The molecule has 0 saturated carbocycles. The van der Waals surface area contributed by atoms with Gasteiger partial charge in [-0.3, -0.25) is 4.79 Å². The molecule has 0 aliphatic carbocycles. The number of benzene rings is 2. The molecule has 0 fully saturated rings. The zero-order chi connectivity index (χ0) is 14.7. The van der Waals surface area contributed by atoms with Gasteiger partial charge in [-0.1, -0.05) is 15.9 Å². The normalized spacial score (nSPS) is 10.4. The lowest BCUT2D eigenvalue weighted by Crippen LogP contribution is -2.07. The number of Topliss-reactive ketones (excluding diaryl/α,β-unsaturated/α-hetero) is 1. The Labute approximate surface area is 123 Å². The van der Waals surface area contributed by atoms with E-state index in [0.717, 1.165) is 22.7 Å². The van der Waals surface area contributed by atoms with Crippen LogP contribution >= 0.6 is 15.9 Å². The van der Waals surface area contributed by atoms with E-state index in [1.165, 1.54) is 7.11 Å². The van der Waals surface area contributed by atoms with E-state index in [1.54, 1.807) is 18.2 Å². The van der Waals surface area contributed by atoms with E-state index in [2.05, 4.69) is 15.9 Å². The molecule has 0 N–H and O–H groups in total. The summed E-state index contributed by atoms with van der Waals surface area (Å²) in [6, 6.07) is 7.98. The molecule has 2 rings (SSSR count). The third kappa shape index (κ3) is 3.22. The summed E-state index contributed by atoms with van der Waals surface area (Å²) >= 11 is 3.27. The van der Waals surface area contributed by atoms with Crippen molar-refractivity contribution in [1.82, 2.24) is 0 Å². The fourth-order valence-electron chi connectivity index (χ4n) is 1.84. The summed E-state index contributed by atoms with van der Waals surface area (Å²) in [4.78, 5) is 12.2. The molecule has 0 heterocycles. The standard InChI is InChI=1S/C15H11BrF2O2/c1-20-15-8-10(16)2-4-12(15)14(19)7-9-6-11(17)3-5-13(9)18/h2-6,8H,7H2,1H3. The lowest BCUT2D eigenvalue weighted by molar-refractivity contribution is 0.0989. The second kappa shape index (κ2) is 6.13. The summed E-state index contributed by atoms with van der Waals surface area (Å²) in [5.74, 6) is -1.12. The molecule has 2 aromatic carbocycles. The highest BCUT2D eigenvalue weighted by atomic mass is 79.9. The highest BCUT2D eigenvalue weighted by molar-refractivity contribution is 9.10. The van der Waals surface area contributed by atoms with Crippen molar-refractivity contribution in [2.24, 2.45) is 0 Å². The number of hydrogen-bond donors (Lipinski definition) is 0. The average Bonchev–Trinajstić information content (AvgIpc) is 2.42. The number of carbonyl (C=O) groups is 1. The molecule has 0 unspecified atom stereocenters. The first-order chi connectivity index (χ1) is 9.51. The van der Waals surface area contributed by atoms with Gasteiger partial charge in [0, 0.05) is 10.9 Å². The number of halogens is 3. The van der Waals surface area contributed by atoms with Crippen molar-refractivity contribution in [2.75, 3.05) is 7.11 Å². The van der Waals surface area contributed by atoms with E-state index in [9.17, 15) is 13.6 Å². The topological polar surface area (TPSA) is 26.3 Å². The van der Waals surface area contributed by atoms with Gasteiger partial charge >= 0.3 is 0 Å². The number of rotatable bonds is 4. The molecule has 2 nitrogen and oxygen atoms in total. The predicted octanol–water partition coefficient (Wildman–Crippen LogP) is 4.16. The zero-order valence-electron chi connectivity index (χ0n) is 10.6. The second-order valence-corrected chi connectivity index (χ2v) is 5.10. The van der Waals surface area contributed by atoms with Crippen molar-refractivity contribution in [2.45, 2.75) is 6.42 Å². The zero-order valence-corrected chi connectivity index (χ0v) is 12.2. The van der Waals surface area contributed by atoms with Crippen molar-refractivity contribution in [3.8, 4) is 5.75 Å². The quantitative estimate of drug-likeness (QED) is 0.781. The maximum absolute atomic E-state index is 13.5. The van der Waals surface area contributed by atoms with Gasteiger partial charge in [-0.2, -0.15) is 0 Å². The highest BCUT2D eigenvalue weighted by Crippen LogP contribution is 2.25. The third-order valence-corrected chi connectivity index (χ3v) is 3.32. The first kappa shape index (κ1) is 14.7. The fraction of sp³-hybridized carbons (Fsp3) is 0.133. The molecule has 0 aliphatic rings. The third-order valence-electron chi connectivity index (χ3n) is 2.82. The van der Waals surface area contributed by atoms with Crippen LogP contribution in [0.5, 0.6) is 5.75 Å². The van der Waals surface area contributed by atoms with E-state index < -0.39 is 11.6 Å². The highest BCUT2D eigenvalue weighted by Gasteiger charge is 2.15. The SMILES string of the molecule is COc1cc(Br)ccc1C(=O)Cc1cc(F)ccc1F. The first-order valence-electron chi connectivity index (χ1n) is 5.82. The summed E-state index contributed by atoms with van der Waals surface area (Å²) in [6.45, 7) is 0. The summed E-state index contributed by atoms with van der Waals surface area (Å²) in [5, 5.41) is 0. The van der Waals surface area contributed by atoms with E-state index in [-0.39, 0.29) is 17.8 Å². The van der Waals surface area contributed by atoms with Gasteiger partial charge in [0.15, 0.2) is 5.78 Å². The van der Waals surface area contributed by atoms with Crippen LogP contribution in [0.2, 0.25) is 0 Å². The molecule has 0 amide bonds. The van der Waals surface area contributed by atoms with Crippen molar-refractivity contribution >= 4 is 21.7 Å². The summed E-state index contributed by atoms with van der Waals surface area (Å²) in [5.41, 5.74) is 0.360. The number of hydrogen-bond acceptors (Lipinski definition) is 2. The van der Waals surface area contributed by atoms with Crippen LogP contribution < -0.4 is 4.74 Å². The van der Waals surface area contributed by atoms with Crippen LogP contribution in [-0.2, 0) is 6.42 Å². The largest absolute Gasteiger partial charge is 0.496 e. The van der Waals surface area contributed by atoms with Crippen LogP contribution in [0.1, 0.15) is 15.9 Å². The Kier molecular flexibility index (Phi) is 4.49. The van der Waals surface area contributed by atoms with Crippen LogP contribution in [0.15, 0.2) is 40.9 Å². The molecule has 0 aromatic heterocycles. The lowest BCUT2D eigenvalue weighted by atomic mass is 10.0. The van der Waals surface area contributed by atoms with Gasteiger partial charge in [-0.25, -0.2) is 8.78 Å². The summed E-state index contributed by atoms with van der Waals surface area (Å²) in [6.07, 6.45) is -0.221. The average molecular weight is 341 g/mol. The molecule has 0 radical (unpaired) electrons. The molecule has 104 valence electrons. The van der Waals surface area contributed by atoms with Crippen LogP contribution in [0.4, 0.5) is 8.78 Å². The molecule has 0 bridgehead atoms. The van der Waals surface area contributed by atoms with Gasteiger partial charge in [0.25, 0.3) is 0 Å². The minimum atomic E-state index is -0.601. The maximum Gasteiger partial charge on any atom is 0.171 e. The molecule has 5 heteroatoms. The molecule has 0 aliphatic heterocycles. The van der Waals surface area contributed by atoms with Gasteiger partial charge in [0.1, 0.15) is 17.4 Å². The second-order valence-electron chi connectivity index (χ2n) is 4.18. The van der Waals surface area contributed by atoms with Gasteiger partial charge in [-0.05, 0) is 42.0 Å². The summed E-state index contributed by atoms with van der Waals surface area (Å²) in [7, 11) is 1.45. The minimum Gasteiger partial charge on any atom is -0.496 e. The fourth-order valence-corrected chi connectivity index (χ4v) is 2.18. The number of carbonyl (C=O) groups excluding carboxylic acids is 1. The molecular weight excluding hydrogens is 330 g/mol. The number of methoxy groups -OCH3 is 1. The Morgan fingerprint density at radius 2 is 1.95 bits per heavy atom. The molecule has 0 saturated heterocycles. The van der Waals surface area contributed by atoms with Crippen LogP contribution in [-0.4, -0.2) is 12.9 Å². The first-order valence-corrected chi connectivity index (χ1v) is 6.61.